The minimum atomic E-state index is -0.909. The van der Waals surface area contributed by atoms with Gasteiger partial charge in [-0.15, -0.1) is 0 Å². The van der Waals surface area contributed by atoms with Crippen molar-refractivity contribution < 1.29 is 23.0 Å². The van der Waals surface area contributed by atoms with Gasteiger partial charge in [-0.3, -0.25) is 10.3 Å². The van der Waals surface area contributed by atoms with Gasteiger partial charge in [-0.2, -0.15) is 14.5 Å². The minimum absolute atomic E-state index is 0.0225. The fraction of sp³-hybridized carbons (Fsp3) is 0.478. The first-order valence-electron chi connectivity index (χ1n) is 11.1. The lowest BCUT2D eigenvalue weighted by Gasteiger charge is -2.29. The van der Waals surface area contributed by atoms with Crippen LogP contribution in [0.1, 0.15) is 11.1 Å². The number of halogens is 2. The maximum atomic E-state index is 15.3. The summed E-state index contributed by atoms with van der Waals surface area (Å²) >= 11 is 0. The van der Waals surface area contributed by atoms with Gasteiger partial charge in [0.15, 0.2) is 11.6 Å². The number of hydrogen-bond donors (Lipinski definition) is 1. The highest BCUT2D eigenvalue weighted by Gasteiger charge is 2.26. The molecule has 33 heavy (non-hydrogen) atoms. The molecular weight excluding hydrogens is 432 g/mol. The molecule has 178 valence electrons. The van der Waals surface area contributed by atoms with Crippen LogP contribution in [-0.2, 0) is 9.47 Å². The van der Waals surface area contributed by atoms with Crippen molar-refractivity contribution in [1.82, 2.24) is 9.88 Å². The molecule has 2 aliphatic rings. The van der Waals surface area contributed by atoms with Gasteiger partial charge in [-0.05, 0) is 12.5 Å². The fourth-order valence-electron chi connectivity index (χ4n) is 3.71. The van der Waals surface area contributed by atoms with E-state index in [0.717, 1.165) is 24.2 Å². The molecule has 1 aromatic carbocycles. The Balaban J connectivity index is 1.54. The third kappa shape index (κ3) is 6.16. The van der Waals surface area contributed by atoms with Crippen LogP contribution in [0.4, 0.5) is 20.3 Å². The Labute approximate surface area is 192 Å². The van der Waals surface area contributed by atoms with Gasteiger partial charge in [0.2, 0.25) is 5.82 Å². The van der Waals surface area contributed by atoms with Crippen LogP contribution >= 0.6 is 0 Å². The van der Waals surface area contributed by atoms with Crippen LogP contribution in [0.5, 0.6) is 5.88 Å². The fourth-order valence-corrected chi connectivity index (χ4v) is 3.71. The highest BCUT2D eigenvalue weighted by Crippen LogP contribution is 2.33. The molecule has 1 N–H and O–H groups in total. The van der Waals surface area contributed by atoms with Gasteiger partial charge in [0, 0.05) is 32.7 Å². The summed E-state index contributed by atoms with van der Waals surface area (Å²) in [6.45, 7) is 7.50. The highest BCUT2D eigenvalue weighted by atomic mass is 19.1. The van der Waals surface area contributed by atoms with Crippen molar-refractivity contribution in [3.8, 4) is 5.88 Å². The Bertz CT molecular complexity index is 963. The van der Waals surface area contributed by atoms with Gasteiger partial charge in [0.1, 0.15) is 12.3 Å². The summed E-state index contributed by atoms with van der Waals surface area (Å²) in [6.07, 6.45) is 1.51. The zero-order chi connectivity index (χ0) is 23.0. The minimum Gasteiger partial charge on any atom is -0.474 e. The van der Waals surface area contributed by atoms with Crippen LogP contribution in [0, 0.1) is 18.6 Å². The molecule has 0 bridgehead atoms. The molecule has 2 saturated heterocycles. The van der Waals surface area contributed by atoms with Crippen LogP contribution in [0.15, 0.2) is 29.4 Å². The predicted molar refractivity (Wildman–Crippen MR) is 122 cm³/mol. The molecule has 2 aliphatic heterocycles. The van der Waals surface area contributed by atoms with Crippen LogP contribution in [0.25, 0.3) is 0 Å². The first-order valence-corrected chi connectivity index (χ1v) is 11.1. The van der Waals surface area contributed by atoms with Crippen molar-refractivity contribution in [2.24, 2.45) is 5.10 Å². The molecule has 0 radical (unpaired) electrons. The Kier molecular flexibility index (Phi) is 8.03. The molecule has 1 aromatic heterocycles. The Hall–Kier alpha value is -2.82. The van der Waals surface area contributed by atoms with Crippen LogP contribution in [-0.4, -0.2) is 81.9 Å². The Morgan fingerprint density at radius 3 is 2.55 bits per heavy atom. The number of hydrogen-bond acceptors (Lipinski definition) is 8. The van der Waals surface area contributed by atoms with E-state index in [2.05, 4.69) is 20.4 Å². The van der Waals surface area contributed by atoms with Gasteiger partial charge >= 0.3 is 0 Å². The van der Waals surface area contributed by atoms with Gasteiger partial charge in [-0.1, -0.05) is 29.8 Å². The van der Waals surface area contributed by atoms with Crippen molar-refractivity contribution in [2.45, 2.75) is 6.92 Å². The predicted octanol–water partition coefficient (Wildman–Crippen LogP) is 2.66. The maximum absolute atomic E-state index is 15.3. The van der Waals surface area contributed by atoms with E-state index in [4.69, 9.17) is 14.2 Å². The summed E-state index contributed by atoms with van der Waals surface area (Å²) in [7, 11) is 0. The Morgan fingerprint density at radius 2 is 1.82 bits per heavy atom. The number of pyridine rings is 1. The van der Waals surface area contributed by atoms with Crippen molar-refractivity contribution in [2.75, 3.05) is 76.1 Å². The van der Waals surface area contributed by atoms with Crippen molar-refractivity contribution >= 4 is 17.7 Å². The largest absolute Gasteiger partial charge is 0.474 e. The number of morpholine rings is 2. The molecule has 0 saturated carbocycles. The lowest BCUT2D eigenvalue weighted by atomic mass is 10.2. The summed E-state index contributed by atoms with van der Waals surface area (Å²) in [5, 5.41) is 4.05. The van der Waals surface area contributed by atoms with E-state index >= 15 is 8.78 Å². The number of anilines is 2. The molecule has 8 nitrogen and oxygen atoms in total. The number of nitrogens with one attached hydrogen (secondary N) is 1. The average molecular weight is 462 g/mol. The number of benzene rings is 1. The zero-order valence-corrected chi connectivity index (χ0v) is 18.7. The second-order valence-electron chi connectivity index (χ2n) is 7.93. The normalized spacial score (nSPS) is 17.5. The second-order valence-corrected chi connectivity index (χ2v) is 7.93. The smallest absolute Gasteiger partial charge is 0.254 e. The van der Waals surface area contributed by atoms with Crippen LogP contribution in [0.2, 0.25) is 0 Å². The number of nitrogens with zero attached hydrogens (tertiary/aromatic N) is 4. The molecule has 0 spiro atoms. The van der Waals surface area contributed by atoms with Gasteiger partial charge < -0.3 is 19.1 Å². The van der Waals surface area contributed by atoms with Crippen molar-refractivity contribution in [3.05, 3.63) is 47.0 Å². The van der Waals surface area contributed by atoms with E-state index in [-0.39, 0.29) is 18.3 Å². The molecule has 10 heteroatoms. The van der Waals surface area contributed by atoms with E-state index in [1.807, 2.05) is 31.2 Å². The SMILES string of the molecule is Cc1cccc(/C=N/Nc2c(F)c(OCCN3CCOCC3)nc(N3CCOCC3)c2F)c1. The van der Waals surface area contributed by atoms with E-state index in [0.29, 0.717) is 46.1 Å². The first-order chi connectivity index (χ1) is 16.1. The molecule has 0 aliphatic carbocycles. The summed E-state index contributed by atoms with van der Waals surface area (Å²) in [4.78, 5) is 8.07. The molecule has 3 heterocycles. The standard InChI is InChI=1S/C23H29F2N5O3/c1-17-3-2-4-18(15-17)16-26-28-21-19(24)22(30-8-12-32-13-9-30)27-23(20(21)25)33-14-7-29-5-10-31-11-6-29/h2-4,15-16H,5-14H2,1H3,(H,27,28)/b26-16+. The average Bonchev–Trinajstić information content (AvgIpc) is 2.84. The number of ether oxygens (including phenoxy) is 3. The summed E-state index contributed by atoms with van der Waals surface area (Å²) in [5.41, 5.74) is 4.01. The van der Waals surface area contributed by atoms with Gasteiger partial charge in [0.25, 0.3) is 5.88 Å². The quantitative estimate of drug-likeness (QED) is 0.479. The molecular formula is C23H29F2N5O3. The number of hydrazone groups is 1. The topological polar surface area (TPSA) is 71.5 Å². The monoisotopic (exact) mass is 461 g/mol. The molecule has 2 aromatic rings. The molecule has 4 rings (SSSR count). The lowest BCUT2D eigenvalue weighted by Crippen LogP contribution is -2.39. The summed E-state index contributed by atoms with van der Waals surface area (Å²) < 4.78 is 46.8. The molecule has 0 amide bonds. The van der Waals surface area contributed by atoms with Crippen molar-refractivity contribution in [3.63, 3.8) is 0 Å². The number of aromatic nitrogens is 1. The van der Waals surface area contributed by atoms with Crippen LogP contribution < -0.4 is 15.1 Å². The van der Waals surface area contributed by atoms with Crippen molar-refractivity contribution in [1.29, 1.82) is 0 Å². The zero-order valence-electron chi connectivity index (χ0n) is 18.7. The highest BCUT2D eigenvalue weighted by molar-refractivity contribution is 5.80. The van der Waals surface area contributed by atoms with E-state index < -0.39 is 17.3 Å². The Morgan fingerprint density at radius 1 is 1.09 bits per heavy atom. The van der Waals surface area contributed by atoms with Gasteiger partial charge in [-0.25, -0.2) is 4.39 Å². The molecule has 0 atom stereocenters. The lowest BCUT2D eigenvalue weighted by molar-refractivity contribution is 0.0317. The van der Waals surface area contributed by atoms with E-state index in [9.17, 15) is 0 Å². The first kappa shape index (κ1) is 23.3. The third-order valence-electron chi connectivity index (χ3n) is 5.52. The summed E-state index contributed by atoms with van der Waals surface area (Å²) in [5.74, 6) is -1.95. The number of rotatable bonds is 8. The van der Waals surface area contributed by atoms with Crippen LogP contribution in [0.3, 0.4) is 0 Å². The third-order valence-corrected chi connectivity index (χ3v) is 5.52. The summed E-state index contributed by atoms with van der Waals surface area (Å²) in [6, 6.07) is 7.63. The molecule has 2 fully saturated rings. The van der Waals surface area contributed by atoms with Gasteiger partial charge in [0.05, 0.1) is 32.6 Å². The van der Waals surface area contributed by atoms with E-state index in [1.165, 1.54) is 6.21 Å². The maximum Gasteiger partial charge on any atom is 0.254 e. The van der Waals surface area contributed by atoms with E-state index in [1.54, 1.807) is 4.90 Å². The second kappa shape index (κ2) is 11.4. The number of aryl methyl sites for hydroxylation is 1. The molecule has 0 unspecified atom stereocenters.